The van der Waals surface area contributed by atoms with E-state index in [0.29, 0.717) is 37.3 Å². The fraction of sp³-hybridized carbons (Fsp3) is 0.400. The van der Waals surface area contributed by atoms with Crippen LogP contribution < -0.4 is 10.2 Å². The van der Waals surface area contributed by atoms with E-state index in [9.17, 15) is 17.6 Å². The maximum Gasteiger partial charge on any atom is 0.223 e. The molecule has 2 heterocycles. The van der Waals surface area contributed by atoms with Crippen LogP contribution in [-0.4, -0.2) is 38.7 Å². The Balaban J connectivity index is 1.58. The number of carbonyl (C=O) groups excluding carboxylic acids is 1. The molecule has 1 aliphatic rings. The Hall–Kier alpha value is -2.48. The van der Waals surface area contributed by atoms with Crippen molar-refractivity contribution in [3.8, 4) is 0 Å². The molecule has 6 nitrogen and oxygen atoms in total. The molecule has 1 fully saturated rings. The molecule has 0 aliphatic carbocycles. The van der Waals surface area contributed by atoms with E-state index in [1.807, 2.05) is 4.90 Å². The number of aryl methyl sites for hydroxylation is 1. The summed E-state index contributed by atoms with van der Waals surface area (Å²) in [5.41, 5.74) is 1.30. The summed E-state index contributed by atoms with van der Waals surface area (Å²) < 4.78 is 37.6. The number of nitrogens with one attached hydrogen (secondary N) is 1. The van der Waals surface area contributed by atoms with Crippen LogP contribution >= 0.6 is 0 Å². The number of piperidine rings is 1. The van der Waals surface area contributed by atoms with Gasteiger partial charge < -0.3 is 10.2 Å². The molecule has 0 unspecified atom stereocenters. The maximum absolute atomic E-state index is 13.6. The molecule has 1 aliphatic heterocycles. The first-order valence-electron chi connectivity index (χ1n) is 9.18. The molecule has 8 heteroatoms. The Morgan fingerprint density at radius 2 is 2.00 bits per heavy atom. The molecule has 1 N–H and O–H groups in total. The van der Waals surface area contributed by atoms with Crippen molar-refractivity contribution >= 4 is 21.6 Å². The second kappa shape index (κ2) is 8.26. The van der Waals surface area contributed by atoms with Crippen LogP contribution in [0.4, 0.5) is 10.2 Å². The van der Waals surface area contributed by atoms with Gasteiger partial charge in [0.05, 0.1) is 0 Å². The lowest BCUT2D eigenvalue weighted by atomic mass is 9.95. The van der Waals surface area contributed by atoms with Gasteiger partial charge in [-0.3, -0.25) is 4.79 Å². The highest BCUT2D eigenvalue weighted by molar-refractivity contribution is 7.90. The summed E-state index contributed by atoms with van der Waals surface area (Å²) in [6, 6.07) is 8.09. The predicted octanol–water partition coefficient (Wildman–Crippen LogP) is 2.47. The van der Waals surface area contributed by atoms with Crippen LogP contribution in [0.25, 0.3) is 0 Å². The number of hydrogen-bond donors (Lipinski definition) is 1. The maximum atomic E-state index is 13.6. The molecular weight excluding hydrogens is 381 g/mol. The van der Waals surface area contributed by atoms with Crippen LogP contribution in [0.1, 0.15) is 24.0 Å². The molecular formula is C20H24FN3O3S. The van der Waals surface area contributed by atoms with Gasteiger partial charge in [0, 0.05) is 38.0 Å². The van der Waals surface area contributed by atoms with Crippen LogP contribution in [0.2, 0.25) is 0 Å². The van der Waals surface area contributed by atoms with Gasteiger partial charge in [0.1, 0.15) is 16.5 Å². The van der Waals surface area contributed by atoms with Crippen molar-refractivity contribution in [1.82, 2.24) is 10.3 Å². The van der Waals surface area contributed by atoms with Crippen molar-refractivity contribution in [2.75, 3.05) is 24.2 Å². The molecule has 0 spiro atoms. The summed E-state index contributed by atoms with van der Waals surface area (Å²) in [7, 11) is -3.37. The molecule has 0 saturated carbocycles. The Kier molecular flexibility index (Phi) is 5.98. The van der Waals surface area contributed by atoms with Gasteiger partial charge in [-0.05, 0) is 49.1 Å². The Morgan fingerprint density at radius 3 is 2.64 bits per heavy atom. The van der Waals surface area contributed by atoms with Gasteiger partial charge in [0.25, 0.3) is 0 Å². The third-order valence-electron chi connectivity index (χ3n) is 5.02. The van der Waals surface area contributed by atoms with Crippen molar-refractivity contribution in [3.63, 3.8) is 0 Å². The Morgan fingerprint density at radius 1 is 1.29 bits per heavy atom. The number of amides is 1. The van der Waals surface area contributed by atoms with E-state index in [4.69, 9.17) is 0 Å². The number of benzene rings is 1. The molecule has 2 aromatic rings. The van der Waals surface area contributed by atoms with E-state index in [0.717, 1.165) is 5.56 Å². The van der Waals surface area contributed by atoms with E-state index < -0.39 is 9.84 Å². The number of halogens is 1. The lowest BCUT2D eigenvalue weighted by Gasteiger charge is -2.33. The number of hydrogen-bond acceptors (Lipinski definition) is 5. The van der Waals surface area contributed by atoms with Crippen molar-refractivity contribution in [2.45, 2.75) is 31.2 Å². The minimum Gasteiger partial charge on any atom is -0.355 e. The van der Waals surface area contributed by atoms with Gasteiger partial charge in [-0.1, -0.05) is 12.1 Å². The van der Waals surface area contributed by atoms with Crippen LogP contribution in [0, 0.1) is 18.7 Å². The zero-order valence-electron chi connectivity index (χ0n) is 16.0. The van der Waals surface area contributed by atoms with Gasteiger partial charge in [0.2, 0.25) is 5.91 Å². The molecule has 0 atom stereocenters. The summed E-state index contributed by atoms with van der Waals surface area (Å²) in [4.78, 5) is 18.8. The molecule has 1 amide bonds. The van der Waals surface area contributed by atoms with Crippen molar-refractivity contribution in [2.24, 2.45) is 5.92 Å². The molecule has 150 valence electrons. The fourth-order valence-corrected chi connectivity index (χ4v) is 4.18. The number of rotatable bonds is 5. The van der Waals surface area contributed by atoms with E-state index in [1.165, 1.54) is 12.3 Å². The number of aromatic nitrogens is 1. The first-order chi connectivity index (χ1) is 13.3. The predicted molar refractivity (Wildman–Crippen MR) is 105 cm³/mol. The smallest absolute Gasteiger partial charge is 0.223 e. The summed E-state index contributed by atoms with van der Waals surface area (Å²) in [5, 5.41) is 2.87. The summed E-state index contributed by atoms with van der Waals surface area (Å²) in [5.74, 6) is -0.0574. The number of pyridine rings is 1. The molecule has 3 rings (SSSR count). The van der Waals surface area contributed by atoms with Crippen LogP contribution in [0.5, 0.6) is 0 Å². The van der Waals surface area contributed by atoms with Crippen LogP contribution in [0.15, 0.2) is 41.4 Å². The monoisotopic (exact) mass is 405 g/mol. The number of sulfone groups is 1. The molecule has 0 bridgehead atoms. The topological polar surface area (TPSA) is 79.4 Å². The van der Waals surface area contributed by atoms with E-state index in [1.54, 1.807) is 37.4 Å². The van der Waals surface area contributed by atoms with Gasteiger partial charge in [-0.2, -0.15) is 0 Å². The van der Waals surface area contributed by atoms with Crippen molar-refractivity contribution < 1.29 is 17.6 Å². The van der Waals surface area contributed by atoms with Crippen LogP contribution in [0.3, 0.4) is 0 Å². The van der Waals surface area contributed by atoms with Gasteiger partial charge in [-0.25, -0.2) is 17.8 Å². The fourth-order valence-electron chi connectivity index (χ4n) is 3.34. The first kappa shape index (κ1) is 20.3. The van der Waals surface area contributed by atoms with E-state index in [2.05, 4.69) is 10.3 Å². The molecule has 0 radical (unpaired) electrons. The van der Waals surface area contributed by atoms with Crippen LogP contribution in [-0.2, 0) is 21.2 Å². The zero-order valence-corrected chi connectivity index (χ0v) is 16.8. The summed E-state index contributed by atoms with van der Waals surface area (Å²) >= 11 is 0. The molecule has 1 aromatic heterocycles. The number of carbonyl (C=O) groups is 1. The third kappa shape index (κ3) is 4.67. The molecule has 1 aromatic carbocycles. The van der Waals surface area contributed by atoms with Crippen molar-refractivity contribution in [3.05, 3.63) is 53.5 Å². The normalized spacial score (nSPS) is 15.5. The SMILES string of the molecule is Cc1ccc(CNC(=O)C2CCN(c3ncccc3S(C)(=O)=O)CC2)cc1F. The van der Waals surface area contributed by atoms with Gasteiger partial charge in [-0.15, -0.1) is 0 Å². The zero-order chi connectivity index (χ0) is 20.3. The lowest BCUT2D eigenvalue weighted by Crippen LogP contribution is -2.41. The standard InChI is InChI=1S/C20H24FN3O3S/c1-14-5-6-15(12-17(14)21)13-23-20(25)16-7-10-24(11-8-16)19-18(28(2,26)27)4-3-9-22-19/h3-6,9,12,16H,7-8,10-11,13H2,1-2H3,(H,23,25). The highest BCUT2D eigenvalue weighted by Gasteiger charge is 2.28. The van der Waals surface area contributed by atoms with Gasteiger partial charge in [0.15, 0.2) is 9.84 Å². The second-order valence-electron chi connectivity index (χ2n) is 7.16. The molecule has 28 heavy (non-hydrogen) atoms. The second-order valence-corrected chi connectivity index (χ2v) is 9.14. The minimum atomic E-state index is -3.37. The van der Waals surface area contributed by atoms with Gasteiger partial charge >= 0.3 is 0 Å². The Bertz CT molecular complexity index is 970. The number of nitrogens with zero attached hydrogens (tertiary/aromatic N) is 2. The number of anilines is 1. The summed E-state index contributed by atoms with van der Waals surface area (Å²) in [6.45, 7) is 3.09. The van der Waals surface area contributed by atoms with Crippen molar-refractivity contribution in [1.29, 1.82) is 0 Å². The average Bonchev–Trinajstić information content (AvgIpc) is 2.68. The van der Waals surface area contributed by atoms with E-state index in [-0.39, 0.29) is 29.1 Å². The minimum absolute atomic E-state index is 0.0648. The largest absolute Gasteiger partial charge is 0.355 e. The summed E-state index contributed by atoms with van der Waals surface area (Å²) in [6.07, 6.45) is 3.95. The Labute approximate surface area is 164 Å². The van der Waals surface area contributed by atoms with E-state index >= 15 is 0 Å². The highest BCUT2D eigenvalue weighted by Crippen LogP contribution is 2.27. The quantitative estimate of drug-likeness (QED) is 0.827. The highest BCUT2D eigenvalue weighted by atomic mass is 32.2. The first-order valence-corrected chi connectivity index (χ1v) is 11.1. The lowest BCUT2D eigenvalue weighted by molar-refractivity contribution is -0.125. The molecule has 1 saturated heterocycles. The third-order valence-corrected chi connectivity index (χ3v) is 6.14. The average molecular weight is 405 g/mol.